The topological polar surface area (TPSA) is 78.5 Å². The molecule has 3 aromatic rings. The Morgan fingerprint density at radius 3 is 2.50 bits per heavy atom. The molecule has 1 saturated heterocycles. The molecular formula is C23H20FN3O3. The maximum Gasteiger partial charge on any atom is 0.325 e. The van der Waals surface area contributed by atoms with Crippen LogP contribution in [-0.4, -0.2) is 29.3 Å². The Morgan fingerprint density at radius 1 is 1.03 bits per heavy atom. The SMILES string of the molecule is C[C@]1(c2cccc3ccccc23)NC(=O)N(CCC(=O)Nc2ccc(F)cc2)C1=O. The molecule has 0 aliphatic carbocycles. The number of fused-ring (bicyclic) bond motifs is 1. The van der Waals surface area contributed by atoms with Gasteiger partial charge in [0.1, 0.15) is 11.4 Å². The highest BCUT2D eigenvalue weighted by atomic mass is 19.1. The summed E-state index contributed by atoms with van der Waals surface area (Å²) in [4.78, 5) is 39.0. The highest BCUT2D eigenvalue weighted by Gasteiger charge is 2.49. The van der Waals surface area contributed by atoms with Crippen LogP contribution in [0.2, 0.25) is 0 Å². The lowest BCUT2D eigenvalue weighted by Crippen LogP contribution is -2.41. The number of carbonyl (C=O) groups excluding carboxylic acids is 3. The van der Waals surface area contributed by atoms with Crippen molar-refractivity contribution in [3.8, 4) is 0 Å². The van der Waals surface area contributed by atoms with Gasteiger partial charge in [0.25, 0.3) is 5.91 Å². The van der Waals surface area contributed by atoms with E-state index in [1.54, 1.807) is 6.92 Å². The van der Waals surface area contributed by atoms with E-state index < -0.39 is 23.3 Å². The number of carbonyl (C=O) groups is 3. The summed E-state index contributed by atoms with van der Waals surface area (Å²) in [5.74, 6) is -1.18. The average molecular weight is 405 g/mol. The number of nitrogens with zero attached hydrogens (tertiary/aromatic N) is 1. The summed E-state index contributed by atoms with van der Waals surface area (Å²) in [5.41, 5.74) is -0.0674. The number of urea groups is 1. The summed E-state index contributed by atoms with van der Waals surface area (Å²) >= 11 is 0. The molecule has 1 aliphatic heterocycles. The van der Waals surface area contributed by atoms with E-state index in [1.165, 1.54) is 24.3 Å². The lowest BCUT2D eigenvalue weighted by molar-refractivity contribution is -0.131. The molecule has 3 aromatic carbocycles. The zero-order chi connectivity index (χ0) is 21.3. The number of halogens is 1. The van der Waals surface area contributed by atoms with E-state index in [0.717, 1.165) is 15.7 Å². The molecule has 1 fully saturated rings. The van der Waals surface area contributed by atoms with Crippen LogP contribution < -0.4 is 10.6 Å². The molecular weight excluding hydrogens is 385 g/mol. The number of anilines is 1. The first-order valence-electron chi connectivity index (χ1n) is 9.56. The fraction of sp³-hybridized carbons (Fsp3) is 0.174. The Kier molecular flexibility index (Phi) is 4.95. The Balaban J connectivity index is 1.49. The van der Waals surface area contributed by atoms with Crippen LogP contribution >= 0.6 is 0 Å². The molecule has 152 valence electrons. The van der Waals surface area contributed by atoms with E-state index in [1.807, 2.05) is 42.5 Å². The second-order valence-corrected chi connectivity index (χ2v) is 7.34. The van der Waals surface area contributed by atoms with Gasteiger partial charge >= 0.3 is 6.03 Å². The van der Waals surface area contributed by atoms with E-state index in [0.29, 0.717) is 11.3 Å². The van der Waals surface area contributed by atoms with Crippen molar-refractivity contribution in [2.45, 2.75) is 18.9 Å². The van der Waals surface area contributed by atoms with E-state index in [4.69, 9.17) is 0 Å². The van der Waals surface area contributed by atoms with Gasteiger partial charge in [0.2, 0.25) is 5.91 Å². The lowest BCUT2D eigenvalue weighted by Gasteiger charge is -2.24. The fourth-order valence-corrected chi connectivity index (χ4v) is 3.71. The minimum absolute atomic E-state index is 0.0575. The van der Waals surface area contributed by atoms with Crippen LogP contribution in [-0.2, 0) is 15.1 Å². The minimum atomic E-state index is -1.22. The molecule has 4 amide bonds. The van der Waals surface area contributed by atoms with Crippen molar-refractivity contribution >= 4 is 34.3 Å². The lowest BCUT2D eigenvalue weighted by atomic mass is 9.88. The zero-order valence-electron chi connectivity index (χ0n) is 16.3. The first kappa shape index (κ1) is 19.6. The molecule has 0 aromatic heterocycles. The molecule has 1 heterocycles. The van der Waals surface area contributed by atoms with Gasteiger partial charge in [-0.25, -0.2) is 9.18 Å². The van der Waals surface area contributed by atoms with Gasteiger partial charge in [0, 0.05) is 18.7 Å². The van der Waals surface area contributed by atoms with Gasteiger partial charge in [-0.05, 0) is 47.5 Å². The van der Waals surface area contributed by atoms with Crippen LogP contribution in [0.15, 0.2) is 66.7 Å². The van der Waals surface area contributed by atoms with E-state index in [-0.39, 0.29) is 18.9 Å². The molecule has 4 rings (SSSR count). The largest absolute Gasteiger partial charge is 0.326 e. The molecule has 0 saturated carbocycles. The number of hydrogen-bond acceptors (Lipinski definition) is 3. The summed E-state index contributed by atoms with van der Waals surface area (Å²) in [5, 5.41) is 7.26. The second-order valence-electron chi connectivity index (χ2n) is 7.34. The molecule has 0 bridgehead atoms. The van der Waals surface area contributed by atoms with Crippen molar-refractivity contribution < 1.29 is 18.8 Å². The van der Waals surface area contributed by atoms with Crippen LogP contribution in [0.5, 0.6) is 0 Å². The third kappa shape index (κ3) is 3.50. The summed E-state index contributed by atoms with van der Waals surface area (Å²) in [6.07, 6.45) is -0.0673. The van der Waals surface area contributed by atoms with E-state index >= 15 is 0 Å². The van der Waals surface area contributed by atoms with Crippen LogP contribution in [0, 0.1) is 5.82 Å². The van der Waals surface area contributed by atoms with Crippen molar-refractivity contribution in [3.63, 3.8) is 0 Å². The number of nitrogens with one attached hydrogen (secondary N) is 2. The maximum atomic E-state index is 13.2. The summed E-state index contributed by atoms with van der Waals surface area (Å²) in [6.45, 7) is 1.62. The van der Waals surface area contributed by atoms with Crippen molar-refractivity contribution in [3.05, 3.63) is 78.1 Å². The van der Waals surface area contributed by atoms with Crippen LogP contribution in [0.3, 0.4) is 0 Å². The number of rotatable bonds is 5. The summed E-state index contributed by atoms with van der Waals surface area (Å²) < 4.78 is 13.0. The molecule has 2 N–H and O–H groups in total. The maximum absolute atomic E-state index is 13.2. The van der Waals surface area contributed by atoms with Crippen molar-refractivity contribution in [2.75, 3.05) is 11.9 Å². The standard InChI is InChI=1S/C23H20FN3O3/c1-23(19-8-4-6-15-5-2-3-7-18(15)19)21(29)27(22(30)26-23)14-13-20(28)25-17-11-9-16(24)10-12-17/h2-12H,13-14H2,1H3,(H,25,28)(H,26,30)/t23-/m1/s1. The molecule has 1 aliphatic rings. The van der Waals surface area contributed by atoms with Gasteiger partial charge in [-0.1, -0.05) is 42.5 Å². The quantitative estimate of drug-likeness (QED) is 0.634. The Hall–Kier alpha value is -3.74. The fourth-order valence-electron chi connectivity index (χ4n) is 3.71. The van der Waals surface area contributed by atoms with E-state index in [2.05, 4.69) is 10.6 Å². The summed E-state index contributed by atoms with van der Waals surface area (Å²) in [6, 6.07) is 18.1. The van der Waals surface area contributed by atoms with Gasteiger partial charge < -0.3 is 10.6 Å². The number of hydrogen-bond donors (Lipinski definition) is 2. The molecule has 1 atom stereocenters. The third-order valence-corrected chi connectivity index (χ3v) is 5.29. The van der Waals surface area contributed by atoms with Gasteiger partial charge in [-0.3, -0.25) is 14.5 Å². The normalized spacial score (nSPS) is 18.5. The third-order valence-electron chi connectivity index (χ3n) is 5.29. The van der Waals surface area contributed by atoms with Crippen molar-refractivity contribution in [1.29, 1.82) is 0 Å². The van der Waals surface area contributed by atoms with Gasteiger partial charge in [0.15, 0.2) is 0 Å². The monoisotopic (exact) mass is 405 g/mol. The number of imide groups is 1. The highest BCUT2D eigenvalue weighted by Crippen LogP contribution is 2.33. The number of amides is 4. The average Bonchev–Trinajstić information content (AvgIpc) is 2.96. The first-order chi connectivity index (χ1) is 14.4. The minimum Gasteiger partial charge on any atom is -0.326 e. The van der Waals surface area contributed by atoms with E-state index in [9.17, 15) is 18.8 Å². The van der Waals surface area contributed by atoms with Gasteiger partial charge in [-0.2, -0.15) is 0 Å². The molecule has 0 radical (unpaired) electrons. The molecule has 7 heteroatoms. The predicted molar refractivity (Wildman–Crippen MR) is 111 cm³/mol. The van der Waals surface area contributed by atoms with Crippen LogP contribution in [0.4, 0.5) is 14.9 Å². The summed E-state index contributed by atoms with van der Waals surface area (Å²) in [7, 11) is 0. The molecule has 30 heavy (non-hydrogen) atoms. The zero-order valence-corrected chi connectivity index (χ0v) is 16.3. The number of benzene rings is 3. The Bertz CT molecular complexity index is 1140. The second kappa shape index (κ2) is 7.59. The molecule has 0 unspecified atom stereocenters. The highest BCUT2D eigenvalue weighted by molar-refractivity contribution is 6.09. The van der Waals surface area contributed by atoms with Crippen molar-refractivity contribution in [2.24, 2.45) is 0 Å². The van der Waals surface area contributed by atoms with Gasteiger partial charge in [0.05, 0.1) is 0 Å². The smallest absolute Gasteiger partial charge is 0.325 e. The first-order valence-corrected chi connectivity index (χ1v) is 9.56. The predicted octanol–water partition coefficient (Wildman–Crippen LogP) is 3.77. The molecule has 6 nitrogen and oxygen atoms in total. The Labute approximate surface area is 172 Å². The van der Waals surface area contributed by atoms with Crippen LogP contribution in [0.25, 0.3) is 10.8 Å². The Morgan fingerprint density at radius 2 is 1.73 bits per heavy atom. The van der Waals surface area contributed by atoms with Crippen LogP contribution in [0.1, 0.15) is 18.9 Å². The van der Waals surface area contributed by atoms with Crippen molar-refractivity contribution in [1.82, 2.24) is 10.2 Å². The molecule has 0 spiro atoms. The van der Waals surface area contributed by atoms with Gasteiger partial charge in [-0.15, -0.1) is 0 Å².